The van der Waals surface area contributed by atoms with Crippen LogP contribution in [0.5, 0.6) is 0 Å². The third kappa shape index (κ3) is 3.58. The first-order valence-electron chi connectivity index (χ1n) is 7.55. The predicted octanol–water partition coefficient (Wildman–Crippen LogP) is 2.86. The summed E-state index contributed by atoms with van der Waals surface area (Å²) in [6, 6.07) is 0. The number of aryl methyl sites for hydroxylation is 1. The summed E-state index contributed by atoms with van der Waals surface area (Å²) in [5.74, 6) is 1.72. The molecule has 0 bridgehead atoms. The Labute approximate surface area is 111 Å². The van der Waals surface area contributed by atoms with Crippen molar-refractivity contribution in [1.82, 2.24) is 15.1 Å². The van der Waals surface area contributed by atoms with E-state index in [1.54, 1.807) is 0 Å². The number of nitrogens with zero attached hydrogens (tertiary/aromatic N) is 2. The van der Waals surface area contributed by atoms with Gasteiger partial charge in [-0.05, 0) is 43.8 Å². The first-order chi connectivity index (χ1) is 8.83. The lowest BCUT2D eigenvalue weighted by Crippen LogP contribution is -2.28. The summed E-state index contributed by atoms with van der Waals surface area (Å²) in [6.07, 6.45) is 11.2. The molecule has 1 N–H and O–H groups in total. The molecule has 1 aliphatic carbocycles. The number of nitrogens with one attached hydrogen (secondary N) is 1. The maximum atomic E-state index is 4.39. The monoisotopic (exact) mass is 249 g/mol. The molecule has 18 heavy (non-hydrogen) atoms. The molecule has 2 rings (SSSR count). The van der Waals surface area contributed by atoms with Crippen LogP contribution in [0.25, 0.3) is 0 Å². The third-order valence-electron chi connectivity index (χ3n) is 4.23. The van der Waals surface area contributed by atoms with E-state index < -0.39 is 0 Å². The Hall–Kier alpha value is -0.830. The molecule has 1 aromatic heterocycles. The molecule has 1 atom stereocenters. The van der Waals surface area contributed by atoms with Gasteiger partial charge in [-0.2, -0.15) is 5.10 Å². The summed E-state index contributed by atoms with van der Waals surface area (Å²) < 4.78 is 2.04. The second-order valence-electron chi connectivity index (χ2n) is 5.52. The minimum atomic E-state index is 0.793. The van der Waals surface area contributed by atoms with Crippen LogP contribution in [0.3, 0.4) is 0 Å². The molecule has 1 saturated carbocycles. The predicted molar refractivity (Wildman–Crippen MR) is 75.6 cm³/mol. The second-order valence-corrected chi connectivity index (χ2v) is 5.52. The van der Waals surface area contributed by atoms with Crippen LogP contribution in [-0.4, -0.2) is 22.9 Å². The SMILES string of the molecule is CCNCC(Cc1cnn(CC)c1)C1CCCC1. The molecule has 102 valence electrons. The molecule has 1 heterocycles. The molecular weight excluding hydrogens is 222 g/mol. The van der Waals surface area contributed by atoms with Gasteiger partial charge in [0.15, 0.2) is 0 Å². The summed E-state index contributed by atoms with van der Waals surface area (Å²) >= 11 is 0. The van der Waals surface area contributed by atoms with Crippen LogP contribution in [0.15, 0.2) is 12.4 Å². The zero-order chi connectivity index (χ0) is 12.8. The van der Waals surface area contributed by atoms with E-state index in [1.807, 2.05) is 4.68 Å². The Morgan fingerprint density at radius 1 is 1.39 bits per heavy atom. The number of rotatable bonds is 7. The highest BCUT2D eigenvalue weighted by Crippen LogP contribution is 2.32. The summed E-state index contributed by atoms with van der Waals surface area (Å²) in [5, 5.41) is 7.93. The van der Waals surface area contributed by atoms with Gasteiger partial charge in [0.25, 0.3) is 0 Å². The zero-order valence-electron chi connectivity index (χ0n) is 11.9. The average Bonchev–Trinajstić information content (AvgIpc) is 3.05. The van der Waals surface area contributed by atoms with Crippen molar-refractivity contribution < 1.29 is 0 Å². The fourth-order valence-corrected chi connectivity index (χ4v) is 3.15. The van der Waals surface area contributed by atoms with Gasteiger partial charge in [0.1, 0.15) is 0 Å². The van der Waals surface area contributed by atoms with Crippen molar-refractivity contribution >= 4 is 0 Å². The Bertz CT molecular complexity index is 339. The van der Waals surface area contributed by atoms with E-state index in [4.69, 9.17) is 0 Å². The topological polar surface area (TPSA) is 29.9 Å². The van der Waals surface area contributed by atoms with Gasteiger partial charge < -0.3 is 5.32 Å². The maximum Gasteiger partial charge on any atom is 0.0521 e. The lowest BCUT2D eigenvalue weighted by Gasteiger charge is -2.23. The van der Waals surface area contributed by atoms with Crippen molar-refractivity contribution in [2.75, 3.05) is 13.1 Å². The highest BCUT2D eigenvalue weighted by atomic mass is 15.3. The smallest absolute Gasteiger partial charge is 0.0521 e. The van der Waals surface area contributed by atoms with Crippen molar-refractivity contribution in [3.63, 3.8) is 0 Å². The standard InChI is InChI=1S/C15H27N3/c1-3-16-11-15(14-7-5-6-8-14)9-13-10-17-18(4-2)12-13/h10,12,14-16H,3-9,11H2,1-2H3. The van der Waals surface area contributed by atoms with Gasteiger partial charge >= 0.3 is 0 Å². The molecule has 0 aromatic carbocycles. The first-order valence-corrected chi connectivity index (χ1v) is 7.55. The molecule has 1 unspecified atom stereocenters. The van der Waals surface area contributed by atoms with Crippen LogP contribution in [0.4, 0.5) is 0 Å². The van der Waals surface area contributed by atoms with E-state index in [-0.39, 0.29) is 0 Å². The Morgan fingerprint density at radius 2 is 2.17 bits per heavy atom. The fraction of sp³-hybridized carbons (Fsp3) is 0.800. The second kappa shape index (κ2) is 6.93. The van der Waals surface area contributed by atoms with Gasteiger partial charge in [-0.1, -0.05) is 32.6 Å². The number of hydrogen-bond acceptors (Lipinski definition) is 2. The molecule has 1 aromatic rings. The quantitative estimate of drug-likeness (QED) is 0.805. The number of hydrogen-bond donors (Lipinski definition) is 1. The van der Waals surface area contributed by atoms with Gasteiger partial charge in [-0.25, -0.2) is 0 Å². The Kier molecular flexibility index (Phi) is 5.24. The van der Waals surface area contributed by atoms with Gasteiger partial charge in [-0.15, -0.1) is 0 Å². The van der Waals surface area contributed by atoms with Crippen LogP contribution in [0, 0.1) is 11.8 Å². The molecular formula is C15H27N3. The van der Waals surface area contributed by atoms with E-state index >= 15 is 0 Å². The largest absolute Gasteiger partial charge is 0.317 e. The number of aromatic nitrogens is 2. The van der Waals surface area contributed by atoms with Crippen molar-refractivity contribution in [3.05, 3.63) is 18.0 Å². The summed E-state index contributed by atoms with van der Waals surface area (Å²) in [7, 11) is 0. The highest BCUT2D eigenvalue weighted by Gasteiger charge is 2.25. The van der Waals surface area contributed by atoms with Gasteiger partial charge in [-0.3, -0.25) is 4.68 Å². The highest BCUT2D eigenvalue weighted by molar-refractivity contribution is 5.06. The molecule has 0 amide bonds. The van der Waals surface area contributed by atoms with Crippen molar-refractivity contribution in [2.24, 2.45) is 11.8 Å². The first kappa shape index (κ1) is 13.6. The zero-order valence-corrected chi connectivity index (χ0v) is 11.9. The van der Waals surface area contributed by atoms with Crippen LogP contribution < -0.4 is 5.32 Å². The Morgan fingerprint density at radius 3 is 2.78 bits per heavy atom. The van der Waals surface area contributed by atoms with Gasteiger partial charge in [0.05, 0.1) is 6.20 Å². The van der Waals surface area contributed by atoms with E-state index in [0.29, 0.717) is 0 Å². The molecule has 3 heteroatoms. The average molecular weight is 249 g/mol. The fourth-order valence-electron chi connectivity index (χ4n) is 3.15. The van der Waals surface area contributed by atoms with Crippen LogP contribution in [0.2, 0.25) is 0 Å². The van der Waals surface area contributed by atoms with Crippen LogP contribution in [0.1, 0.15) is 45.1 Å². The molecule has 0 aliphatic heterocycles. The van der Waals surface area contributed by atoms with Crippen molar-refractivity contribution in [1.29, 1.82) is 0 Å². The molecule has 1 aliphatic rings. The lowest BCUT2D eigenvalue weighted by atomic mass is 9.86. The minimum Gasteiger partial charge on any atom is -0.317 e. The van der Waals surface area contributed by atoms with Crippen molar-refractivity contribution in [3.8, 4) is 0 Å². The Balaban J connectivity index is 1.94. The molecule has 0 radical (unpaired) electrons. The molecule has 0 saturated heterocycles. The van der Waals surface area contributed by atoms with E-state index in [1.165, 1.54) is 44.2 Å². The maximum absolute atomic E-state index is 4.39. The van der Waals surface area contributed by atoms with Crippen molar-refractivity contribution in [2.45, 2.75) is 52.5 Å². The normalized spacial score (nSPS) is 18.3. The van der Waals surface area contributed by atoms with E-state index in [0.717, 1.165) is 24.9 Å². The van der Waals surface area contributed by atoms with E-state index in [2.05, 4.69) is 36.7 Å². The van der Waals surface area contributed by atoms with Crippen LogP contribution in [-0.2, 0) is 13.0 Å². The lowest BCUT2D eigenvalue weighted by molar-refractivity contribution is 0.323. The summed E-state index contributed by atoms with van der Waals surface area (Å²) in [5.41, 5.74) is 1.41. The molecule has 3 nitrogen and oxygen atoms in total. The van der Waals surface area contributed by atoms with Gasteiger partial charge in [0, 0.05) is 12.7 Å². The molecule has 1 fully saturated rings. The minimum absolute atomic E-state index is 0.793. The van der Waals surface area contributed by atoms with E-state index in [9.17, 15) is 0 Å². The van der Waals surface area contributed by atoms with Crippen LogP contribution >= 0.6 is 0 Å². The summed E-state index contributed by atoms with van der Waals surface area (Å²) in [4.78, 5) is 0. The summed E-state index contributed by atoms with van der Waals surface area (Å²) in [6.45, 7) is 7.56. The third-order valence-corrected chi connectivity index (χ3v) is 4.23. The van der Waals surface area contributed by atoms with Gasteiger partial charge in [0.2, 0.25) is 0 Å². The molecule has 0 spiro atoms.